The first kappa shape index (κ1) is 20.3. The minimum atomic E-state index is 0.672. The fourth-order valence-electron chi connectivity index (χ4n) is 3.00. The summed E-state index contributed by atoms with van der Waals surface area (Å²) < 4.78 is 12.5. The molecule has 0 aliphatic rings. The highest BCUT2D eigenvalue weighted by Crippen LogP contribution is 2.27. The summed E-state index contributed by atoms with van der Waals surface area (Å²) in [5, 5.41) is 11.0. The van der Waals surface area contributed by atoms with Crippen LogP contribution in [-0.2, 0) is 13.0 Å². The molecule has 3 rings (SSSR count). The predicted molar refractivity (Wildman–Crippen MR) is 115 cm³/mol. The van der Waals surface area contributed by atoms with E-state index in [1.54, 1.807) is 27.5 Å². The van der Waals surface area contributed by atoms with Crippen LogP contribution >= 0.6 is 0 Å². The predicted octanol–water partition coefficient (Wildman–Crippen LogP) is 2.80. The maximum Gasteiger partial charge on any atom is 0.191 e. The Morgan fingerprint density at radius 3 is 2.59 bits per heavy atom. The van der Waals surface area contributed by atoms with Crippen LogP contribution in [0.3, 0.4) is 0 Å². The number of nitrogens with zero attached hydrogens (tertiary/aromatic N) is 3. The molecule has 0 atom stereocenters. The van der Waals surface area contributed by atoms with Crippen LogP contribution in [0.1, 0.15) is 11.1 Å². The van der Waals surface area contributed by atoms with Crippen molar-refractivity contribution in [2.75, 3.05) is 27.8 Å². The number of rotatable bonds is 8. The van der Waals surface area contributed by atoms with Gasteiger partial charge in [0.05, 0.1) is 19.9 Å². The zero-order chi connectivity index (χ0) is 20.5. The zero-order valence-electron chi connectivity index (χ0n) is 17.1. The van der Waals surface area contributed by atoms with E-state index < -0.39 is 0 Å². The Kier molecular flexibility index (Phi) is 7.10. The molecular formula is C22H27N5O2. The molecule has 7 nitrogen and oxygen atoms in total. The van der Waals surface area contributed by atoms with Crippen molar-refractivity contribution >= 4 is 5.96 Å². The summed E-state index contributed by atoms with van der Waals surface area (Å²) in [6, 6.07) is 16.1. The minimum Gasteiger partial charge on any atom is -0.493 e. The average molecular weight is 393 g/mol. The van der Waals surface area contributed by atoms with E-state index in [9.17, 15) is 0 Å². The number of nitrogens with one attached hydrogen (secondary N) is 2. The first-order valence-electron chi connectivity index (χ1n) is 9.48. The van der Waals surface area contributed by atoms with Gasteiger partial charge in [-0.05, 0) is 47.9 Å². The molecule has 2 N–H and O–H groups in total. The molecule has 2 aromatic carbocycles. The number of hydrogen-bond donors (Lipinski definition) is 2. The second-order valence-corrected chi connectivity index (χ2v) is 6.41. The number of aromatic nitrogens is 2. The maximum absolute atomic E-state index is 5.36. The fourth-order valence-corrected chi connectivity index (χ4v) is 3.00. The second-order valence-electron chi connectivity index (χ2n) is 6.41. The van der Waals surface area contributed by atoms with Gasteiger partial charge in [0.15, 0.2) is 17.5 Å². The molecule has 0 aliphatic heterocycles. The third-order valence-electron chi connectivity index (χ3n) is 4.52. The Balaban J connectivity index is 1.51. The molecule has 0 radical (unpaired) electrons. The molecule has 3 aromatic rings. The summed E-state index contributed by atoms with van der Waals surface area (Å²) in [6.07, 6.45) is 4.55. The highest BCUT2D eigenvalue weighted by atomic mass is 16.5. The number of benzene rings is 2. The van der Waals surface area contributed by atoms with Crippen molar-refractivity contribution in [1.82, 2.24) is 20.4 Å². The van der Waals surface area contributed by atoms with Gasteiger partial charge in [0.25, 0.3) is 0 Å². The molecule has 29 heavy (non-hydrogen) atoms. The number of aliphatic imine (C=N–C) groups is 1. The van der Waals surface area contributed by atoms with Crippen molar-refractivity contribution in [1.29, 1.82) is 0 Å². The first-order valence-corrected chi connectivity index (χ1v) is 9.48. The van der Waals surface area contributed by atoms with E-state index in [4.69, 9.17) is 9.47 Å². The third-order valence-corrected chi connectivity index (χ3v) is 4.52. The summed E-state index contributed by atoms with van der Waals surface area (Å²) in [4.78, 5) is 4.30. The van der Waals surface area contributed by atoms with E-state index in [1.807, 2.05) is 47.3 Å². The summed E-state index contributed by atoms with van der Waals surface area (Å²) in [5.41, 5.74) is 3.35. The van der Waals surface area contributed by atoms with Crippen LogP contribution in [0.25, 0.3) is 5.69 Å². The summed E-state index contributed by atoms with van der Waals surface area (Å²) in [7, 11) is 5.05. The van der Waals surface area contributed by atoms with Crippen molar-refractivity contribution in [3.05, 3.63) is 72.1 Å². The van der Waals surface area contributed by atoms with Crippen LogP contribution in [0, 0.1) is 0 Å². The molecular weight excluding hydrogens is 366 g/mol. The monoisotopic (exact) mass is 393 g/mol. The molecule has 0 saturated heterocycles. The lowest BCUT2D eigenvalue weighted by atomic mass is 10.1. The fraction of sp³-hybridized carbons (Fsp3) is 0.273. The lowest BCUT2D eigenvalue weighted by molar-refractivity contribution is 0.354. The third kappa shape index (κ3) is 5.51. The minimum absolute atomic E-state index is 0.672. The Hall–Kier alpha value is -3.48. The van der Waals surface area contributed by atoms with Crippen LogP contribution in [-0.4, -0.2) is 43.6 Å². The standard InChI is InChI=1S/C22H27N5O2/c1-23-22(24-12-10-17-8-9-20(28-2)21(15-17)29-3)25-16-18-6-4-7-19(14-18)27-13-5-11-26-27/h4-9,11,13-15H,10,12,16H2,1-3H3,(H2,23,24,25). The van der Waals surface area contributed by atoms with E-state index in [-0.39, 0.29) is 0 Å². The second kappa shape index (κ2) is 10.2. The van der Waals surface area contributed by atoms with Crippen molar-refractivity contribution < 1.29 is 9.47 Å². The van der Waals surface area contributed by atoms with Crippen molar-refractivity contribution in [2.24, 2.45) is 4.99 Å². The Labute approximate surface area is 171 Å². The molecule has 1 heterocycles. The smallest absolute Gasteiger partial charge is 0.191 e. The van der Waals surface area contributed by atoms with Gasteiger partial charge >= 0.3 is 0 Å². The number of methoxy groups -OCH3 is 2. The highest BCUT2D eigenvalue weighted by Gasteiger charge is 2.05. The van der Waals surface area contributed by atoms with Crippen molar-refractivity contribution in [3.63, 3.8) is 0 Å². The van der Waals surface area contributed by atoms with Crippen LogP contribution in [0.15, 0.2) is 65.9 Å². The molecule has 0 aliphatic carbocycles. The van der Waals surface area contributed by atoms with Gasteiger partial charge in [-0.15, -0.1) is 0 Å². The topological polar surface area (TPSA) is 72.7 Å². The molecule has 0 amide bonds. The van der Waals surface area contributed by atoms with Gasteiger partial charge in [0.1, 0.15) is 0 Å². The number of hydrogen-bond acceptors (Lipinski definition) is 4. The first-order chi connectivity index (χ1) is 14.2. The van der Waals surface area contributed by atoms with Crippen LogP contribution in [0.2, 0.25) is 0 Å². The highest BCUT2D eigenvalue weighted by molar-refractivity contribution is 5.79. The van der Waals surface area contributed by atoms with Gasteiger partial charge in [-0.1, -0.05) is 18.2 Å². The van der Waals surface area contributed by atoms with E-state index in [2.05, 4.69) is 32.9 Å². The van der Waals surface area contributed by atoms with Crippen molar-refractivity contribution in [2.45, 2.75) is 13.0 Å². The van der Waals surface area contributed by atoms with Gasteiger partial charge in [-0.3, -0.25) is 4.99 Å². The summed E-state index contributed by atoms with van der Waals surface area (Å²) in [6.45, 7) is 1.42. The average Bonchev–Trinajstić information content (AvgIpc) is 3.31. The molecule has 152 valence electrons. The largest absolute Gasteiger partial charge is 0.493 e. The van der Waals surface area contributed by atoms with Gasteiger partial charge in [0, 0.05) is 32.5 Å². The van der Waals surface area contributed by atoms with E-state index >= 15 is 0 Å². The maximum atomic E-state index is 5.36. The van der Waals surface area contributed by atoms with Crippen molar-refractivity contribution in [3.8, 4) is 17.2 Å². The Morgan fingerprint density at radius 2 is 1.86 bits per heavy atom. The molecule has 0 saturated carbocycles. The summed E-state index contributed by atoms with van der Waals surface area (Å²) in [5.74, 6) is 2.23. The van der Waals surface area contributed by atoms with E-state index in [1.165, 1.54) is 0 Å². The Bertz CT molecular complexity index is 938. The van der Waals surface area contributed by atoms with Gasteiger partial charge in [-0.25, -0.2) is 4.68 Å². The number of guanidine groups is 1. The normalized spacial score (nSPS) is 11.2. The van der Waals surface area contributed by atoms with Gasteiger partial charge in [0.2, 0.25) is 0 Å². The molecule has 0 fully saturated rings. The van der Waals surface area contributed by atoms with E-state index in [0.29, 0.717) is 6.54 Å². The van der Waals surface area contributed by atoms with E-state index in [0.717, 1.165) is 47.2 Å². The Morgan fingerprint density at radius 1 is 1.00 bits per heavy atom. The van der Waals surface area contributed by atoms with Gasteiger partial charge in [-0.2, -0.15) is 5.10 Å². The number of ether oxygens (including phenoxy) is 2. The molecule has 0 spiro atoms. The quantitative estimate of drug-likeness (QED) is 0.455. The van der Waals surface area contributed by atoms with Gasteiger partial charge < -0.3 is 20.1 Å². The molecule has 0 unspecified atom stereocenters. The lowest BCUT2D eigenvalue weighted by Gasteiger charge is -2.13. The molecule has 7 heteroatoms. The SMILES string of the molecule is CN=C(NCCc1ccc(OC)c(OC)c1)NCc1cccc(-n2cccn2)c1. The van der Waals surface area contributed by atoms with Crippen LogP contribution in [0.5, 0.6) is 11.5 Å². The molecule has 1 aromatic heterocycles. The lowest BCUT2D eigenvalue weighted by Crippen LogP contribution is -2.37. The van der Waals surface area contributed by atoms with Crippen LogP contribution in [0.4, 0.5) is 0 Å². The zero-order valence-corrected chi connectivity index (χ0v) is 17.1. The van der Waals surface area contributed by atoms with Crippen LogP contribution < -0.4 is 20.1 Å². The molecule has 0 bridgehead atoms. The summed E-state index contributed by atoms with van der Waals surface area (Å²) >= 11 is 0.